The number of Topliss-reactive ketones (excluding diaryl/α,β-unsaturated/α-hetero) is 1. The number of carbonyl (C=O) groups is 1. The Bertz CT molecular complexity index is 823. The van der Waals surface area contributed by atoms with Crippen molar-refractivity contribution in [1.82, 2.24) is 4.90 Å². The van der Waals surface area contributed by atoms with Crippen LogP contribution in [0.3, 0.4) is 0 Å². The molecular weight excluding hydrogens is 365 g/mol. The molecule has 2 nitrogen and oxygen atoms in total. The number of piperidine rings is 1. The molecule has 2 aromatic carbocycles. The predicted octanol–water partition coefficient (Wildman–Crippen LogP) is 5.51. The van der Waals surface area contributed by atoms with Crippen molar-refractivity contribution in [3.05, 3.63) is 80.8 Å². The molecule has 0 saturated carbocycles. The Morgan fingerprint density at radius 3 is 1.58 bits per heavy atom. The minimum absolute atomic E-state index is 0.153. The maximum absolute atomic E-state index is 13.3. The molecule has 2 atom stereocenters. The van der Waals surface area contributed by atoms with Gasteiger partial charge in [0.2, 0.25) is 0 Å². The number of carbonyl (C=O) groups excluding carboxylic acids is 1. The molecule has 0 N–H and O–H groups in total. The van der Waals surface area contributed by atoms with Gasteiger partial charge in [-0.3, -0.25) is 9.69 Å². The third-order valence-electron chi connectivity index (χ3n) is 5.32. The lowest BCUT2D eigenvalue weighted by atomic mass is 9.88. The van der Waals surface area contributed by atoms with Gasteiger partial charge < -0.3 is 0 Å². The summed E-state index contributed by atoms with van der Waals surface area (Å²) in [5.74, 6) is 0.153. The number of nitrogens with zero attached hydrogens (tertiary/aromatic N) is 1. The molecule has 2 bridgehead atoms. The van der Waals surface area contributed by atoms with Gasteiger partial charge >= 0.3 is 0 Å². The Kier molecular flexibility index (Phi) is 4.74. The van der Waals surface area contributed by atoms with E-state index in [4.69, 9.17) is 23.2 Å². The number of ketones is 1. The van der Waals surface area contributed by atoms with Gasteiger partial charge in [-0.15, -0.1) is 0 Å². The average Bonchev–Trinajstić information content (AvgIpc) is 2.94. The van der Waals surface area contributed by atoms with Gasteiger partial charge in [0, 0.05) is 33.3 Å². The van der Waals surface area contributed by atoms with Crippen LogP contribution < -0.4 is 0 Å². The van der Waals surface area contributed by atoms with E-state index in [1.165, 1.54) is 0 Å². The van der Waals surface area contributed by atoms with E-state index in [1.807, 2.05) is 60.7 Å². The fourth-order valence-corrected chi connectivity index (χ4v) is 4.21. The first-order valence-corrected chi connectivity index (χ1v) is 9.49. The summed E-state index contributed by atoms with van der Waals surface area (Å²) in [5, 5.41) is 1.40. The van der Waals surface area contributed by atoms with E-state index in [-0.39, 0.29) is 17.9 Å². The summed E-state index contributed by atoms with van der Waals surface area (Å²) in [5.41, 5.74) is 3.73. The lowest BCUT2D eigenvalue weighted by molar-refractivity contribution is -0.114. The summed E-state index contributed by atoms with van der Waals surface area (Å²) >= 11 is 12.0. The number of halogens is 2. The highest BCUT2D eigenvalue weighted by Crippen LogP contribution is 2.40. The molecule has 2 aliphatic heterocycles. The molecular formula is C22H19Cl2NO. The minimum atomic E-state index is 0.153. The number of hydrogen-bond donors (Lipinski definition) is 0. The van der Waals surface area contributed by atoms with Gasteiger partial charge in [-0.1, -0.05) is 47.5 Å². The van der Waals surface area contributed by atoms with E-state index in [9.17, 15) is 4.79 Å². The molecule has 2 saturated heterocycles. The second-order valence-corrected chi connectivity index (χ2v) is 7.78. The molecule has 0 spiro atoms. The van der Waals surface area contributed by atoms with Gasteiger partial charge in [-0.25, -0.2) is 0 Å². The Labute approximate surface area is 163 Å². The van der Waals surface area contributed by atoms with Crippen molar-refractivity contribution >= 4 is 41.1 Å². The topological polar surface area (TPSA) is 20.3 Å². The molecule has 26 heavy (non-hydrogen) atoms. The minimum Gasteiger partial charge on any atom is -0.292 e. The van der Waals surface area contributed by atoms with Crippen molar-refractivity contribution in [2.45, 2.75) is 24.9 Å². The number of benzene rings is 2. The fourth-order valence-electron chi connectivity index (χ4n) is 3.96. The van der Waals surface area contributed by atoms with Gasteiger partial charge in [0.15, 0.2) is 5.78 Å². The zero-order valence-corrected chi connectivity index (χ0v) is 16.0. The zero-order chi connectivity index (χ0) is 18.3. The van der Waals surface area contributed by atoms with Crippen LogP contribution in [0.1, 0.15) is 24.0 Å². The van der Waals surface area contributed by atoms with Gasteiger partial charge in [0.25, 0.3) is 0 Å². The Morgan fingerprint density at radius 2 is 1.19 bits per heavy atom. The van der Waals surface area contributed by atoms with Crippen LogP contribution in [0.4, 0.5) is 0 Å². The maximum atomic E-state index is 13.3. The summed E-state index contributed by atoms with van der Waals surface area (Å²) in [6.07, 6.45) is 6.03. The zero-order valence-electron chi connectivity index (χ0n) is 14.5. The van der Waals surface area contributed by atoms with Gasteiger partial charge in [-0.05, 0) is 67.4 Å². The molecule has 2 fully saturated rings. The smallest absolute Gasteiger partial charge is 0.188 e. The quantitative estimate of drug-likeness (QED) is 0.637. The van der Waals surface area contributed by atoms with Crippen LogP contribution in [0, 0.1) is 0 Å². The summed E-state index contributed by atoms with van der Waals surface area (Å²) in [4.78, 5) is 15.6. The van der Waals surface area contributed by atoms with Crippen LogP contribution in [0.15, 0.2) is 59.7 Å². The molecule has 2 aliphatic rings. The standard InChI is InChI=1S/C22H19Cl2NO/c1-25-20-10-11-21(25)19(13-15-4-8-17(24)9-5-15)22(26)18(20)12-14-2-6-16(23)7-3-14/h2-9,12-13,20-21H,10-11H2,1H3. The van der Waals surface area contributed by atoms with E-state index >= 15 is 0 Å². The van der Waals surface area contributed by atoms with Crippen LogP contribution in [0.25, 0.3) is 12.2 Å². The Balaban J connectivity index is 1.75. The van der Waals surface area contributed by atoms with Crippen LogP contribution in [-0.2, 0) is 4.79 Å². The van der Waals surface area contributed by atoms with Gasteiger partial charge in [-0.2, -0.15) is 0 Å². The highest BCUT2D eigenvalue weighted by molar-refractivity contribution is 6.30. The number of likely N-dealkylation sites (N-methyl/N-ethyl adjacent to an activating group) is 1. The van der Waals surface area contributed by atoms with Crippen LogP contribution >= 0.6 is 23.2 Å². The second-order valence-electron chi connectivity index (χ2n) is 6.91. The summed E-state index contributed by atoms with van der Waals surface area (Å²) in [6, 6.07) is 15.6. The highest BCUT2D eigenvalue weighted by Gasteiger charge is 2.44. The normalized spacial score (nSPS) is 26.0. The fraction of sp³-hybridized carbons (Fsp3) is 0.227. The number of fused-ring (bicyclic) bond motifs is 2. The molecule has 0 radical (unpaired) electrons. The third kappa shape index (κ3) is 3.25. The SMILES string of the molecule is CN1C2CCC1C(=Cc1ccc(Cl)cc1)C(=O)C2=Cc1ccc(Cl)cc1. The molecule has 2 heterocycles. The second kappa shape index (κ2) is 7.03. The molecule has 4 heteroatoms. The summed E-state index contributed by atoms with van der Waals surface area (Å²) in [6.45, 7) is 0. The van der Waals surface area contributed by atoms with Crippen molar-refractivity contribution in [2.24, 2.45) is 0 Å². The van der Waals surface area contributed by atoms with Crippen molar-refractivity contribution in [3.8, 4) is 0 Å². The van der Waals surface area contributed by atoms with Crippen LogP contribution in [-0.4, -0.2) is 29.8 Å². The van der Waals surface area contributed by atoms with Crippen molar-refractivity contribution < 1.29 is 4.79 Å². The molecule has 4 rings (SSSR count). The first-order chi connectivity index (χ1) is 12.5. The predicted molar refractivity (Wildman–Crippen MR) is 108 cm³/mol. The van der Waals surface area contributed by atoms with Crippen molar-refractivity contribution in [2.75, 3.05) is 7.05 Å². The maximum Gasteiger partial charge on any atom is 0.188 e. The summed E-state index contributed by atoms with van der Waals surface area (Å²) < 4.78 is 0. The van der Waals surface area contributed by atoms with Gasteiger partial charge in [0.1, 0.15) is 0 Å². The molecule has 2 aromatic rings. The van der Waals surface area contributed by atoms with E-state index in [2.05, 4.69) is 11.9 Å². The molecule has 2 unspecified atom stereocenters. The lowest BCUT2D eigenvalue weighted by Gasteiger charge is -2.34. The highest BCUT2D eigenvalue weighted by atomic mass is 35.5. The lowest BCUT2D eigenvalue weighted by Crippen LogP contribution is -2.43. The monoisotopic (exact) mass is 383 g/mol. The van der Waals surface area contributed by atoms with Crippen molar-refractivity contribution in [1.29, 1.82) is 0 Å². The largest absolute Gasteiger partial charge is 0.292 e. The Morgan fingerprint density at radius 1 is 0.808 bits per heavy atom. The first-order valence-electron chi connectivity index (χ1n) is 8.74. The molecule has 0 aromatic heterocycles. The van der Waals surface area contributed by atoms with Crippen molar-refractivity contribution in [3.63, 3.8) is 0 Å². The van der Waals surface area contributed by atoms with E-state index in [0.29, 0.717) is 10.0 Å². The van der Waals surface area contributed by atoms with Crippen LogP contribution in [0.5, 0.6) is 0 Å². The molecule has 132 valence electrons. The summed E-state index contributed by atoms with van der Waals surface area (Å²) in [7, 11) is 2.11. The third-order valence-corrected chi connectivity index (χ3v) is 5.83. The average molecular weight is 384 g/mol. The van der Waals surface area contributed by atoms with E-state index < -0.39 is 0 Å². The number of rotatable bonds is 2. The Hall–Kier alpha value is -1.87. The first kappa shape index (κ1) is 17.5. The van der Waals surface area contributed by atoms with Crippen LogP contribution in [0.2, 0.25) is 10.0 Å². The van der Waals surface area contributed by atoms with E-state index in [0.717, 1.165) is 35.1 Å². The molecule has 0 amide bonds. The van der Waals surface area contributed by atoms with E-state index in [1.54, 1.807) is 0 Å². The number of hydrogen-bond acceptors (Lipinski definition) is 2. The molecule has 0 aliphatic carbocycles. The van der Waals surface area contributed by atoms with Gasteiger partial charge in [0.05, 0.1) is 0 Å².